The molecule has 456 valence electrons. The first-order valence-corrected chi connectivity index (χ1v) is 27.0. The van der Waals surface area contributed by atoms with Crippen LogP contribution in [0.1, 0.15) is 64.5 Å². The van der Waals surface area contributed by atoms with Gasteiger partial charge in [-0.05, 0) is 144 Å². The Morgan fingerprint density at radius 1 is 0.344 bits per heavy atom. The van der Waals surface area contributed by atoms with E-state index in [9.17, 15) is 67.1 Å². The molecule has 90 heavy (non-hydrogen) atoms. The van der Waals surface area contributed by atoms with E-state index >= 15 is 0 Å². The lowest BCUT2D eigenvalue weighted by Gasteiger charge is -2.08. The highest BCUT2D eigenvalue weighted by Crippen LogP contribution is 2.33. The summed E-state index contributed by atoms with van der Waals surface area (Å²) in [5.74, 6) is -2.39. The molecule has 0 aliphatic rings. The number of para-hydroxylation sites is 3. The molecule has 0 spiro atoms. The Bertz CT molecular complexity index is 4540. The topological polar surface area (TPSA) is 141 Å². The maximum absolute atomic E-state index is 13.9. The summed E-state index contributed by atoms with van der Waals surface area (Å²) in [5.41, 5.74) is 2.11. The van der Waals surface area contributed by atoms with Crippen LogP contribution in [0.3, 0.4) is 0 Å². The van der Waals surface area contributed by atoms with Crippen molar-refractivity contribution in [3.8, 4) is 0 Å². The van der Waals surface area contributed by atoms with Crippen molar-refractivity contribution >= 4 is 67.9 Å². The molecule has 0 aliphatic heterocycles. The molecular weight excluding hydrogens is 1190 g/mol. The monoisotopic (exact) mass is 1240 g/mol. The number of alkyl halides is 9. The zero-order valence-corrected chi connectivity index (χ0v) is 46.3. The van der Waals surface area contributed by atoms with Gasteiger partial charge >= 0.3 is 18.5 Å². The fourth-order valence-electron chi connectivity index (χ4n) is 9.35. The highest BCUT2D eigenvalue weighted by atomic mass is 19.4. The van der Waals surface area contributed by atoms with E-state index in [0.29, 0.717) is 55.2 Å². The highest BCUT2D eigenvalue weighted by Gasteiger charge is 2.32. The van der Waals surface area contributed by atoms with Crippen LogP contribution >= 0.6 is 0 Å². The Labute approximate surface area is 502 Å². The Morgan fingerprint density at radius 3 is 1.06 bits per heavy atom. The van der Waals surface area contributed by atoms with E-state index in [0.717, 1.165) is 42.5 Å². The molecule has 3 N–H and O–H groups in total. The second kappa shape index (κ2) is 26.1. The van der Waals surface area contributed by atoms with Crippen LogP contribution in [0.25, 0.3) is 32.7 Å². The van der Waals surface area contributed by atoms with Crippen molar-refractivity contribution in [2.45, 2.75) is 38.2 Å². The summed E-state index contributed by atoms with van der Waals surface area (Å²) < 4.78 is 160. The molecular formula is C66H45F12N9O3. The molecule has 0 saturated heterocycles. The molecule has 0 bridgehead atoms. The summed E-state index contributed by atoms with van der Waals surface area (Å²) in [5, 5.41) is 23.2. The molecule has 0 unspecified atom stereocenters. The fourth-order valence-corrected chi connectivity index (χ4v) is 9.35. The number of carbonyl (C=O) groups is 3. The summed E-state index contributed by atoms with van der Waals surface area (Å²) in [6.07, 6.45) is -13.2. The second-order valence-corrected chi connectivity index (χ2v) is 20.0. The molecule has 12 nitrogen and oxygen atoms in total. The van der Waals surface area contributed by atoms with Crippen molar-refractivity contribution in [3.63, 3.8) is 0 Å². The van der Waals surface area contributed by atoms with E-state index in [1.807, 2.05) is 0 Å². The Kier molecular flexibility index (Phi) is 18.0. The average Bonchev–Trinajstić information content (AvgIpc) is 1.69. The quantitative estimate of drug-likeness (QED) is 0.104. The molecule has 0 aliphatic carbocycles. The van der Waals surface area contributed by atoms with E-state index in [1.165, 1.54) is 97.1 Å². The van der Waals surface area contributed by atoms with Gasteiger partial charge in [0.2, 0.25) is 0 Å². The SMILES string of the molecule is O=C(Nc1nn(Cc2ccc(C(F)(F)F)cc2)c2ccccc12)c1ccc(F)cc1.O=C(Nc1nn(Cc2ccc(C(F)(F)F)cc2)c2ccccc12)c1cccc(F)c1.O=C(Nc1nn(Cc2ccc(C(F)(F)F)cc2)c2ccccc12)c1ccccc1F. The fraction of sp³-hybridized carbons (Fsp3) is 0.0909. The standard InChI is InChI=1S/3C22H15F4N3O/c23-18-7-3-1-5-16(18)21(30)27-20-17-6-2-4-8-19(17)29(28-20)13-14-9-11-15(12-10-14)22(24,25)26;23-17-5-3-4-15(12-17)21(30)27-20-18-6-1-2-7-19(18)29(28-20)13-14-8-10-16(11-9-14)22(24,25)26;23-17-11-7-15(8-12-17)21(30)27-20-18-3-1-2-4-19(18)29(28-20)13-14-5-9-16(10-6-14)22(24,25)26/h3*1-12H,13H2,(H,27,28,30). The number of aromatic nitrogens is 6. The van der Waals surface area contributed by atoms with Gasteiger partial charge in [0.15, 0.2) is 17.5 Å². The van der Waals surface area contributed by atoms with Crippen LogP contribution in [0.4, 0.5) is 70.1 Å². The van der Waals surface area contributed by atoms with Crippen molar-refractivity contribution < 1.29 is 67.1 Å². The smallest absolute Gasteiger partial charge is 0.305 e. The number of nitrogens with one attached hydrogen (secondary N) is 3. The van der Waals surface area contributed by atoms with Crippen LogP contribution in [0.5, 0.6) is 0 Å². The summed E-state index contributed by atoms with van der Waals surface area (Å²) in [6.45, 7) is 0.647. The highest BCUT2D eigenvalue weighted by molar-refractivity contribution is 6.10. The summed E-state index contributed by atoms with van der Waals surface area (Å²) in [4.78, 5) is 37.4. The second-order valence-electron chi connectivity index (χ2n) is 20.0. The lowest BCUT2D eigenvalue weighted by Crippen LogP contribution is -2.14. The predicted octanol–water partition coefficient (Wildman–Crippen LogP) is 16.5. The number of halogens is 12. The first-order valence-electron chi connectivity index (χ1n) is 27.0. The number of rotatable bonds is 12. The van der Waals surface area contributed by atoms with Crippen molar-refractivity contribution in [3.05, 3.63) is 286 Å². The number of anilines is 3. The molecule has 9 aromatic carbocycles. The molecule has 0 fully saturated rings. The van der Waals surface area contributed by atoms with Crippen molar-refractivity contribution in [2.24, 2.45) is 0 Å². The zero-order chi connectivity index (χ0) is 63.9. The molecule has 3 amide bonds. The zero-order valence-electron chi connectivity index (χ0n) is 46.3. The van der Waals surface area contributed by atoms with E-state index < -0.39 is 70.4 Å². The van der Waals surface area contributed by atoms with Crippen LogP contribution in [0.15, 0.2) is 218 Å². The van der Waals surface area contributed by atoms with E-state index in [1.54, 1.807) is 92.9 Å². The van der Waals surface area contributed by atoms with Gasteiger partial charge in [0.25, 0.3) is 17.7 Å². The van der Waals surface area contributed by atoms with Crippen LogP contribution in [-0.2, 0) is 38.2 Å². The molecule has 12 aromatic rings. The van der Waals surface area contributed by atoms with Gasteiger partial charge in [-0.15, -0.1) is 0 Å². The Hall–Kier alpha value is -11.0. The lowest BCUT2D eigenvalue weighted by atomic mass is 10.1. The molecule has 3 aromatic heterocycles. The number of hydrogen-bond acceptors (Lipinski definition) is 6. The minimum Gasteiger partial charge on any atom is -0.305 e. The van der Waals surface area contributed by atoms with Gasteiger partial charge in [-0.2, -0.15) is 54.8 Å². The molecule has 0 saturated carbocycles. The maximum atomic E-state index is 13.9. The van der Waals surface area contributed by atoms with E-state index in [2.05, 4.69) is 31.2 Å². The van der Waals surface area contributed by atoms with Gasteiger partial charge in [-0.3, -0.25) is 28.4 Å². The number of hydrogen-bond donors (Lipinski definition) is 3. The molecule has 12 rings (SSSR count). The van der Waals surface area contributed by atoms with Gasteiger partial charge in [-0.1, -0.05) is 91.0 Å². The maximum Gasteiger partial charge on any atom is 0.416 e. The third-order valence-corrected chi connectivity index (χ3v) is 13.8. The lowest BCUT2D eigenvalue weighted by molar-refractivity contribution is -0.138. The molecule has 0 atom stereocenters. The van der Waals surface area contributed by atoms with Gasteiger partial charge in [0.1, 0.15) is 17.5 Å². The summed E-state index contributed by atoms with van der Waals surface area (Å²) in [6, 6.07) is 51.9. The third kappa shape index (κ3) is 14.8. The Morgan fingerprint density at radius 2 is 0.689 bits per heavy atom. The van der Waals surface area contributed by atoms with Gasteiger partial charge in [0, 0.05) is 27.3 Å². The molecule has 0 radical (unpaired) electrons. The van der Waals surface area contributed by atoms with Crippen molar-refractivity contribution in [1.82, 2.24) is 29.3 Å². The summed E-state index contributed by atoms with van der Waals surface area (Å²) >= 11 is 0. The minimum atomic E-state index is -4.40. The van der Waals surface area contributed by atoms with Crippen LogP contribution in [0, 0.1) is 17.5 Å². The largest absolute Gasteiger partial charge is 0.416 e. The number of fused-ring (bicyclic) bond motifs is 3. The van der Waals surface area contributed by atoms with Gasteiger partial charge < -0.3 is 16.0 Å². The third-order valence-electron chi connectivity index (χ3n) is 13.8. The predicted molar refractivity (Wildman–Crippen MR) is 314 cm³/mol. The molecule has 3 heterocycles. The van der Waals surface area contributed by atoms with Crippen LogP contribution < -0.4 is 16.0 Å². The minimum absolute atomic E-state index is 0.112. The first kappa shape index (κ1) is 62.0. The van der Waals surface area contributed by atoms with Crippen molar-refractivity contribution in [1.29, 1.82) is 0 Å². The average molecular weight is 1240 g/mol. The van der Waals surface area contributed by atoms with Crippen LogP contribution in [0.2, 0.25) is 0 Å². The molecule has 24 heteroatoms. The summed E-state index contributed by atoms with van der Waals surface area (Å²) in [7, 11) is 0. The van der Waals surface area contributed by atoms with Gasteiger partial charge in [0.05, 0.1) is 58.4 Å². The van der Waals surface area contributed by atoms with E-state index in [4.69, 9.17) is 0 Å². The normalized spacial score (nSPS) is 11.6. The first-order chi connectivity index (χ1) is 42.9. The number of nitrogens with zero attached hydrogens (tertiary/aromatic N) is 6. The van der Waals surface area contributed by atoms with Crippen molar-refractivity contribution in [2.75, 3.05) is 16.0 Å². The number of amides is 3. The Balaban J connectivity index is 0.000000148. The number of benzene rings is 9. The van der Waals surface area contributed by atoms with E-state index in [-0.39, 0.29) is 48.0 Å². The van der Waals surface area contributed by atoms with Crippen LogP contribution in [-0.4, -0.2) is 47.1 Å². The van der Waals surface area contributed by atoms with Gasteiger partial charge in [-0.25, -0.2) is 13.2 Å². The number of carbonyl (C=O) groups excluding carboxylic acids is 3.